The molecule has 0 bridgehead atoms. The summed E-state index contributed by atoms with van der Waals surface area (Å²) in [7, 11) is 0. The van der Waals surface area contributed by atoms with Gasteiger partial charge in [-0.2, -0.15) is 0 Å². The second-order valence-electron chi connectivity index (χ2n) is 8.97. The number of halogens is 1. The third kappa shape index (κ3) is 4.92. The number of anilines is 2. The summed E-state index contributed by atoms with van der Waals surface area (Å²) in [4.78, 5) is 51.6. The largest absolute Gasteiger partial charge is 0.452 e. The molecule has 3 atom stereocenters. The van der Waals surface area contributed by atoms with E-state index in [1.54, 1.807) is 18.2 Å². The molecule has 2 aromatic carbocycles. The molecule has 1 aliphatic carbocycles. The fraction of sp³-hybridized carbons (Fsp3) is 0.385. The van der Waals surface area contributed by atoms with Crippen LogP contribution in [0.15, 0.2) is 46.9 Å². The highest BCUT2D eigenvalue weighted by Gasteiger charge is 2.49. The lowest BCUT2D eigenvalue weighted by Gasteiger charge is -2.25. The summed E-state index contributed by atoms with van der Waals surface area (Å²) in [6, 6.07) is 11.7. The highest BCUT2D eigenvalue weighted by molar-refractivity contribution is 9.10. The first-order chi connectivity index (χ1) is 16.3. The van der Waals surface area contributed by atoms with Crippen LogP contribution in [-0.2, 0) is 25.5 Å². The molecule has 2 fully saturated rings. The Labute approximate surface area is 207 Å². The number of amides is 3. The number of benzene rings is 2. The Morgan fingerprint density at radius 1 is 1.06 bits per heavy atom. The minimum absolute atomic E-state index is 0.159. The fourth-order valence-electron chi connectivity index (χ4n) is 4.77. The summed E-state index contributed by atoms with van der Waals surface area (Å²) in [5.41, 5.74) is 2.32. The monoisotopic (exact) mass is 526 g/mol. The van der Waals surface area contributed by atoms with Gasteiger partial charge in [0.25, 0.3) is 5.91 Å². The molecule has 0 radical (unpaired) electrons. The van der Waals surface area contributed by atoms with Crippen LogP contribution in [0.25, 0.3) is 0 Å². The molecule has 0 unspecified atom stereocenters. The van der Waals surface area contributed by atoms with Crippen LogP contribution in [0.4, 0.5) is 11.4 Å². The molecule has 178 valence electrons. The molecule has 34 heavy (non-hydrogen) atoms. The summed E-state index contributed by atoms with van der Waals surface area (Å²) in [5.74, 6) is -1.48. The quantitative estimate of drug-likeness (QED) is 0.433. The van der Waals surface area contributed by atoms with Gasteiger partial charge >= 0.3 is 5.97 Å². The van der Waals surface area contributed by atoms with Crippen molar-refractivity contribution in [2.75, 3.05) is 16.8 Å². The van der Waals surface area contributed by atoms with E-state index in [-0.39, 0.29) is 29.2 Å². The predicted molar refractivity (Wildman–Crippen MR) is 131 cm³/mol. The zero-order chi connectivity index (χ0) is 24.4. The smallest absolute Gasteiger partial charge is 0.338 e. The molecule has 1 N–H and O–H groups in total. The number of nitrogens with zero attached hydrogens (tertiary/aromatic N) is 1. The molecule has 4 rings (SSSR count). The first-order valence-corrected chi connectivity index (χ1v) is 12.3. The fourth-order valence-corrected chi connectivity index (χ4v) is 5.18. The Kier molecular flexibility index (Phi) is 7.16. The third-order valence-corrected chi connectivity index (χ3v) is 7.10. The number of hydrogen-bond acceptors (Lipinski definition) is 5. The van der Waals surface area contributed by atoms with Gasteiger partial charge in [-0.15, -0.1) is 0 Å². The number of aryl methyl sites for hydroxylation is 1. The van der Waals surface area contributed by atoms with Crippen LogP contribution < -0.4 is 10.2 Å². The molecule has 7 nitrogen and oxygen atoms in total. The topological polar surface area (TPSA) is 92.8 Å². The highest BCUT2D eigenvalue weighted by Crippen LogP contribution is 2.42. The average Bonchev–Trinajstić information content (AvgIpc) is 3.07. The van der Waals surface area contributed by atoms with Crippen LogP contribution in [0.2, 0.25) is 0 Å². The van der Waals surface area contributed by atoms with Crippen LogP contribution in [0.5, 0.6) is 0 Å². The normalized spacial score (nSPS) is 21.9. The number of fused-ring (bicyclic) bond motifs is 1. The van der Waals surface area contributed by atoms with E-state index in [9.17, 15) is 19.2 Å². The molecule has 0 aromatic heterocycles. The maximum atomic E-state index is 12.9. The Bertz CT molecular complexity index is 1130. The molecule has 2 aromatic rings. The van der Waals surface area contributed by atoms with Gasteiger partial charge in [0.1, 0.15) is 0 Å². The van der Waals surface area contributed by atoms with Crippen molar-refractivity contribution in [1.82, 2.24) is 0 Å². The molecule has 3 amide bonds. The van der Waals surface area contributed by atoms with Gasteiger partial charge in [-0.1, -0.05) is 29.8 Å². The summed E-state index contributed by atoms with van der Waals surface area (Å²) < 4.78 is 6.07. The van der Waals surface area contributed by atoms with Gasteiger partial charge in [0.2, 0.25) is 11.8 Å². The van der Waals surface area contributed by atoms with Crippen molar-refractivity contribution in [3.8, 4) is 0 Å². The van der Waals surface area contributed by atoms with Crippen molar-refractivity contribution in [2.24, 2.45) is 17.8 Å². The van der Waals surface area contributed by atoms with Gasteiger partial charge in [-0.05, 0) is 79.6 Å². The molecule has 1 aliphatic heterocycles. The lowest BCUT2D eigenvalue weighted by atomic mass is 9.76. The Morgan fingerprint density at radius 3 is 2.47 bits per heavy atom. The Morgan fingerprint density at radius 2 is 1.76 bits per heavy atom. The van der Waals surface area contributed by atoms with Gasteiger partial charge in [0.05, 0.1) is 23.1 Å². The van der Waals surface area contributed by atoms with Crippen LogP contribution in [-0.4, -0.2) is 30.3 Å². The standard InChI is InChI=1S/C26H27BrN2O5/c1-3-16-13-18(27)7-11-22(16)28-23(30)14-34-26(33)17-5-8-19(9-6-17)29-24(31)20-10-4-15(2)12-21(20)25(29)32/h5-9,11,13,15,20-21H,3-4,10,12,14H2,1-2H3,(H,28,30)/t15-,20+,21-/m0/s1. The SMILES string of the molecule is CCc1cc(Br)ccc1NC(=O)COC(=O)c1ccc(N2C(=O)[C@H]3C[C@@H](C)CC[C@H]3C2=O)cc1. The minimum atomic E-state index is -0.658. The van der Waals surface area contributed by atoms with Gasteiger partial charge in [-0.25, -0.2) is 4.79 Å². The average molecular weight is 527 g/mol. The number of carbonyl (C=O) groups is 4. The van der Waals surface area contributed by atoms with Gasteiger partial charge in [0.15, 0.2) is 6.61 Å². The number of rotatable bonds is 6. The predicted octanol–water partition coefficient (Wildman–Crippen LogP) is 4.73. The third-order valence-electron chi connectivity index (χ3n) is 6.61. The van der Waals surface area contributed by atoms with E-state index < -0.39 is 18.5 Å². The van der Waals surface area contributed by atoms with E-state index in [1.807, 2.05) is 19.1 Å². The van der Waals surface area contributed by atoms with E-state index in [0.29, 0.717) is 17.3 Å². The zero-order valence-corrected chi connectivity index (χ0v) is 20.8. The maximum absolute atomic E-state index is 12.9. The lowest BCUT2D eigenvalue weighted by Crippen LogP contribution is -2.30. The van der Waals surface area contributed by atoms with Crippen LogP contribution >= 0.6 is 15.9 Å². The zero-order valence-electron chi connectivity index (χ0n) is 19.2. The van der Waals surface area contributed by atoms with E-state index in [2.05, 4.69) is 28.2 Å². The summed E-state index contributed by atoms with van der Waals surface area (Å²) >= 11 is 3.41. The van der Waals surface area contributed by atoms with Crippen molar-refractivity contribution >= 4 is 51.0 Å². The molecule has 1 saturated carbocycles. The van der Waals surface area contributed by atoms with E-state index in [1.165, 1.54) is 17.0 Å². The number of hydrogen-bond donors (Lipinski definition) is 1. The molecule has 1 saturated heterocycles. The number of ether oxygens (including phenoxy) is 1. The number of imide groups is 1. The Hall–Kier alpha value is -3.00. The van der Waals surface area contributed by atoms with Crippen molar-refractivity contribution in [3.63, 3.8) is 0 Å². The molecular formula is C26H27BrN2O5. The van der Waals surface area contributed by atoms with E-state index >= 15 is 0 Å². The van der Waals surface area contributed by atoms with Crippen LogP contribution in [0, 0.1) is 17.8 Å². The molecule has 8 heteroatoms. The first kappa shape index (κ1) is 24.1. The Balaban J connectivity index is 1.36. The minimum Gasteiger partial charge on any atom is -0.452 e. The molecule has 0 spiro atoms. The number of nitrogens with one attached hydrogen (secondary N) is 1. The van der Waals surface area contributed by atoms with Crippen molar-refractivity contribution in [3.05, 3.63) is 58.1 Å². The number of esters is 1. The molecule has 1 heterocycles. The lowest BCUT2D eigenvalue weighted by molar-refractivity contribution is -0.122. The van der Waals surface area contributed by atoms with E-state index in [4.69, 9.17) is 4.74 Å². The van der Waals surface area contributed by atoms with Crippen LogP contribution in [0.3, 0.4) is 0 Å². The van der Waals surface area contributed by atoms with E-state index in [0.717, 1.165) is 35.7 Å². The van der Waals surface area contributed by atoms with Crippen molar-refractivity contribution < 1.29 is 23.9 Å². The van der Waals surface area contributed by atoms with Crippen LogP contribution in [0.1, 0.15) is 49.0 Å². The van der Waals surface area contributed by atoms with Crippen molar-refractivity contribution in [1.29, 1.82) is 0 Å². The number of carbonyl (C=O) groups excluding carboxylic acids is 4. The maximum Gasteiger partial charge on any atom is 0.338 e. The molecular weight excluding hydrogens is 500 g/mol. The second kappa shape index (κ2) is 10.1. The summed E-state index contributed by atoms with van der Waals surface area (Å²) in [6.45, 7) is 3.67. The van der Waals surface area contributed by atoms with Crippen molar-refractivity contribution in [2.45, 2.75) is 39.5 Å². The summed E-state index contributed by atoms with van der Waals surface area (Å²) in [5, 5.41) is 2.76. The van der Waals surface area contributed by atoms with Gasteiger partial charge < -0.3 is 10.1 Å². The summed E-state index contributed by atoms with van der Waals surface area (Å²) in [6.07, 6.45) is 3.16. The van der Waals surface area contributed by atoms with Gasteiger partial charge in [0, 0.05) is 10.2 Å². The van der Waals surface area contributed by atoms with Gasteiger partial charge in [-0.3, -0.25) is 19.3 Å². The highest BCUT2D eigenvalue weighted by atomic mass is 79.9. The first-order valence-electron chi connectivity index (χ1n) is 11.5. The second-order valence-corrected chi connectivity index (χ2v) is 9.88. The molecule has 2 aliphatic rings.